The Bertz CT molecular complexity index is 1610. The molecule has 5 rings (SSSR count). The molecule has 0 saturated heterocycles. The standard InChI is InChI=1S/C25H21BrN6O4S2/c1-35-19-5-2-17(3-6-19)16-32(25-28-10-13-37-25)38(33,34)20-7-9-23-24(15-20)36-12-11-31(23)22-8-4-18(29-30-27)14-21(22)26/h2-10,13-15H,11-12,16H2,1H3. The Kier molecular flexibility index (Phi) is 7.43. The van der Waals surface area contributed by atoms with E-state index in [1.165, 1.54) is 15.6 Å². The second kappa shape index (κ2) is 10.9. The maximum absolute atomic E-state index is 13.9. The molecule has 1 aliphatic heterocycles. The molecule has 0 aliphatic carbocycles. The van der Waals surface area contributed by atoms with Gasteiger partial charge in [-0.05, 0) is 63.4 Å². The van der Waals surface area contributed by atoms with Gasteiger partial charge in [-0.15, -0.1) is 11.3 Å². The summed E-state index contributed by atoms with van der Waals surface area (Å²) < 4.78 is 40.9. The number of benzene rings is 3. The number of anilines is 3. The highest BCUT2D eigenvalue weighted by Gasteiger charge is 2.30. The topological polar surface area (TPSA) is 121 Å². The smallest absolute Gasteiger partial charge is 0.266 e. The van der Waals surface area contributed by atoms with Crippen molar-refractivity contribution < 1.29 is 17.9 Å². The Morgan fingerprint density at radius 2 is 1.97 bits per heavy atom. The molecule has 2 heterocycles. The van der Waals surface area contributed by atoms with Crippen molar-refractivity contribution in [1.29, 1.82) is 0 Å². The number of sulfonamides is 1. The molecule has 1 aromatic heterocycles. The SMILES string of the molecule is COc1ccc(CN(c2nccs2)S(=O)(=O)c2ccc3c(c2)OCCN3c2ccc(N=[N+]=[N-])cc2Br)cc1. The zero-order chi connectivity index (χ0) is 26.7. The van der Waals surface area contributed by atoms with E-state index in [1.807, 2.05) is 23.1 Å². The van der Waals surface area contributed by atoms with Crippen LogP contribution in [0, 0.1) is 0 Å². The van der Waals surface area contributed by atoms with E-state index < -0.39 is 10.0 Å². The van der Waals surface area contributed by atoms with Crippen molar-refractivity contribution in [2.45, 2.75) is 11.4 Å². The Hall–Kier alpha value is -3.77. The summed E-state index contributed by atoms with van der Waals surface area (Å²) in [5, 5.41) is 5.75. The van der Waals surface area contributed by atoms with Crippen molar-refractivity contribution in [2.24, 2.45) is 5.11 Å². The molecule has 4 aromatic rings. The van der Waals surface area contributed by atoms with Crippen molar-refractivity contribution in [2.75, 3.05) is 29.5 Å². The maximum atomic E-state index is 13.9. The fourth-order valence-corrected chi connectivity index (χ4v) is 6.93. The van der Waals surface area contributed by atoms with Crippen LogP contribution in [0.15, 0.2) is 86.7 Å². The first-order valence-corrected chi connectivity index (χ1v) is 14.5. The van der Waals surface area contributed by atoms with Crippen molar-refractivity contribution in [3.05, 3.63) is 92.7 Å². The number of rotatable bonds is 8. The van der Waals surface area contributed by atoms with E-state index in [0.717, 1.165) is 21.4 Å². The number of ether oxygens (including phenoxy) is 2. The van der Waals surface area contributed by atoms with Gasteiger partial charge in [0.15, 0.2) is 5.13 Å². The third-order valence-corrected chi connectivity index (χ3v) is 9.16. The lowest BCUT2D eigenvalue weighted by atomic mass is 10.2. The van der Waals surface area contributed by atoms with Gasteiger partial charge in [0.05, 0.1) is 36.5 Å². The van der Waals surface area contributed by atoms with Gasteiger partial charge in [-0.1, -0.05) is 23.3 Å². The van der Waals surface area contributed by atoms with Crippen molar-refractivity contribution in [1.82, 2.24) is 4.98 Å². The number of hydrogen-bond acceptors (Lipinski definition) is 8. The summed E-state index contributed by atoms with van der Waals surface area (Å²) in [6, 6.07) is 17.4. The Morgan fingerprint density at radius 3 is 2.66 bits per heavy atom. The van der Waals surface area contributed by atoms with Gasteiger partial charge in [0.1, 0.15) is 18.1 Å². The number of thiazole rings is 1. The highest BCUT2D eigenvalue weighted by atomic mass is 79.9. The van der Waals surface area contributed by atoms with Crippen LogP contribution >= 0.6 is 27.3 Å². The van der Waals surface area contributed by atoms with Crippen LogP contribution in [-0.2, 0) is 16.6 Å². The first-order chi connectivity index (χ1) is 18.4. The van der Waals surface area contributed by atoms with E-state index >= 15 is 0 Å². The van der Waals surface area contributed by atoms with E-state index in [1.54, 1.807) is 61.2 Å². The van der Waals surface area contributed by atoms with E-state index in [9.17, 15) is 8.42 Å². The van der Waals surface area contributed by atoms with Crippen LogP contribution in [0.4, 0.5) is 22.2 Å². The van der Waals surface area contributed by atoms with Crippen LogP contribution < -0.4 is 18.7 Å². The predicted molar refractivity (Wildman–Crippen MR) is 150 cm³/mol. The molecule has 10 nitrogen and oxygen atoms in total. The molecule has 0 fully saturated rings. The number of nitrogens with zero attached hydrogens (tertiary/aromatic N) is 6. The van der Waals surface area contributed by atoms with Gasteiger partial charge < -0.3 is 14.4 Å². The average Bonchev–Trinajstić information content (AvgIpc) is 3.46. The van der Waals surface area contributed by atoms with Crippen LogP contribution in [0.2, 0.25) is 0 Å². The summed E-state index contributed by atoms with van der Waals surface area (Å²) in [6.45, 7) is 1.03. The molecule has 13 heteroatoms. The summed E-state index contributed by atoms with van der Waals surface area (Å²) in [4.78, 5) is 9.22. The quantitative estimate of drug-likeness (QED) is 0.123. The molecule has 0 bridgehead atoms. The van der Waals surface area contributed by atoms with Gasteiger partial charge in [-0.25, -0.2) is 17.7 Å². The number of halogens is 1. The average molecular weight is 614 g/mol. The van der Waals surface area contributed by atoms with E-state index in [-0.39, 0.29) is 11.4 Å². The van der Waals surface area contributed by atoms with Crippen molar-refractivity contribution in [3.63, 3.8) is 0 Å². The Labute approximate surface area is 231 Å². The van der Waals surface area contributed by atoms with Gasteiger partial charge in [0, 0.05) is 32.7 Å². The summed E-state index contributed by atoms with van der Waals surface area (Å²) in [7, 11) is -2.40. The lowest BCUT2D eigenvalue weighted by molar-refractivity contribution is 0.313. The van der Waals surface area contributed by atoms with Crippen molar-refractivity contribution >= 4 is 59.5 Å². The first-order valence-electron chi connectivity index (χ1n) is 11.3. The second-order valence-electron chi connectivity index (χ2n) is 8.13. The summed E-state index contributed by atoms with van der Waals surface area (Å²) >= 11 is 4.80. The van der Waals surface area contributed by atoms with Crippen molar-refractivity contribution in [3.8, 4) is 11.5 Å². The molecule has 38 heavy (non-hydrogen) atoms. The predicted octanol–water partition coefficient (Wildman–Crippen LogP) is 6.78. The molecule has 0 unspecified atom stereocenters. The molecule has 1 aliphatic rings. The minimum atomic E-state index is -3.98. The molecule has 194 valence electrons. The van der Waals surface area contributed by atoms with E-state index in [2.05, 4.69) is 30.9 Å². The number of fused-ring (bicyclic) bond motifs is 1. The molecule has 0 N–H and O–H groups in total. The molecule has 0 radical (unpaired) electrons. The lowest BCUT2D eigenvalue weighted by Gasteiger charge is -2.32. The molecule has 0 spiro atoms. The number of azide groups is 1. The highest BCUT2D eigenvalue weighted by Crippen LogP contribution is 2.42. The third-order valence-electron chi connectivity index (χ3n) is 5.88. The third kappa shape index (κ3) is 5.14. The zero-order valence-corrected chi connectivity index (χ0v) is 23.3. The van der Waals surface area contributed by atoms with E-state index in [0.29, 0.717) is 35.5 Å². The summed E-state index contributed by atoms with van der Waals surface area (Å²) in [5.74, 6) is 1.14. The molecule has 0 saturated carbocycles. The van der Waals surface area contributed by atoms with Crippen LogP contribution in [0.1, 0.15) is 5.56 Å². The molecular weight excluding hydrogens is 592 g/mol. The summed E-state index contributed by atoms with van der Waals surface area (Å²) in [6.07, 6.45) is 1.58. The lowest BCUT2D eigenvalue weighted by Crippen LogP contribution is -2.31. The van der Waals surface area contributed by atoms with Gasteiger partial charge in [0.2, 0.25) is 0 Å². The summed E-state index contributed by atoms with van der Waals surface area (Å²) in [5.41, 5.74) is 11.5. The van der Waals surface area contributed by atoms with E-state index in [4.69, 9.17) is 15.0 Å². The Morgan fingerprint density at radius 1 is 1.18 bits per heavy atom. The fourth-order valence-electron chi connectivity index (χ4n) is 4.06. The minimum Gasteiger partial charge on any atom is -0.497 e. The molecule has 0 amide bonds. The minimum absolute atomic E-state index is 0.0968. The fraction of sp³-hybridized carbons (Fsp3) is 0.160. The monoisotopic (exact) mass is 612 g/mol. The highest BCUT2D eigenvalue weighted by molar-refractivity contribution is 9.10. The normalized spacial score (nSPS) is 12.7. The largest absolute Gasteiger partial charge is 0.497 e. The van der Waals surface area contributed by atoms with Gasteiger partial charge in [0.25, 0.3) is 10.0 Å². The van der Waals surface area contributed by atoms with Crippen LogP contribution in [-0.4, -0.2) is 33.7 Å². The number of hydrogen-bond donors (Lipinski definition) is 0. The molecular formula is C25H21BrN6O4S2. The van der Waals surface area contributed by atoms with Crippen LogP contribution in [0.25, 0.3) is 10.4 Å². The van der Waals surface area contributed by atoms with Crippen LogP contribution in [0.3, 0.4) is 0 Å². The molecule has 3 aromatic carbocycles. The first kappa shape index (κ1) is 25.9. The second-order valence-corrected chi connectivity index (χ2v) is 11.7. The zero-order valence-electron chi connectivity index (χ0n) is 20.1. The van der Waals surface area contributed by atoms with Gasteiger partial charge in [-0.2, -0.15) is 0 Å². The maximum Gasteiger partial charge on any atom is 0.266 e. The molecule has 0 atom stereocenters. The van der Waals surface area contributed by atoms with Gasteiger partial charge >= 0.3 is 0 Å². The number of methoxy groups -OCH3 is 1. The Balaban J connectivity index is 1.49. The van der Waals surface area contributed by atoms with Gasteiger partial charge in [-0.3, -0.25) is 0 Å². The van der Waals surface area contributed by atoms with Crippen LogP contribution in [0.5, 0.6) is 11.5 Å². The number of aromatic nitrogens is 1.